The SMILES string of the molecule is CCn1c(C=O)cc2oc(-c3ccccc3)cc21. The first-order chi connectivity index (χ1) is 8.83. The van der Waals surface area contributed by atoms with E-state index in [-0.39, 0.29) is 0 Å². The molecule has 0 aliphatic carbocycles. The fourth-order valence-corrected chi connectivity index (χ4v) is 2.26. The number of hydrogen-bond acceptors (Lipinski definition) is 2. The Morgan fingerprint density at radius 1 is 1.22 bits per heavy atom. The maximum absolute atomic E-state index is 10.9. The summed E-state index contributed by atoms with van der Waals surface area (Å²) in [6.07, 6.45) is 0.862. The van der Waals surface area contributed by atoms with Crippen molar-refractivity contribution in [3.05, 3.63) is 48.2 Å². The molecule has 2 aromatic heterocycles. The van der Waals surface area contributed by atoms with Gasteiger partial charge in [-0.1, -0.05) is 30.3 Å². The number of carbonyl (C=O) groups excluding carboxylic acids is 1. The van der Waals surface area contributed by atoms with E-state index in [1.165, 1.54) is 0 Å². The number of rotatable bonds is 3. The number of benzene rings is 1. The summed E-state index contributed by atoms with van der Waals surface area (Å²) in [5.74, 6) is 0.834. The summed E-state index contributed by atoms with van der Waals surface area (Å²) >= 11 is 0. The average Bonchev–Trinajstić information content (AvgIpc) is 2.96. The minimum Gasteiger partial charge on any atom is -0.454 e. The first kappa shape index (κ1) is 10.8. The van der Waals surface area contributed by atoms with E-state index in [4.69, 9.17) is 4.42 Å². The van der Waals surface area contributed by atoms with Crippen LogP contribution in [0.1, 0.15) is 17.4 Å². The maximum Gasteiger partial charge on any atom is 0.166 e. The standard InChI is InChI=1S/C15H13NO2/c1-2-16-12(10-17)8-15-13(16)9-14(18-15)11-6-4-3-5-7-11/h3-10H,2H2,1H3. The molecule has 0 unspecified atom stereocenters. The van der Waals surface area contributed by atoms with E-state index in [2.05, 4.69) is 0 Å². The van der Waals surface area contributed by atoms with Crippen LogP contribution >= 0.6 is 0 Å². The van der Waals surface area contributed by atoms with Gasteiger partial charge >= 0.3 is 0 Å². The third-order valence-electron chi connectivity index (χ3n) is 3.12. The van der Waals surface area contributed by atoms with Gasteiger partial charge in [0.15, 0.2) is 11.9 Å². The fourth-order valence-electron chi connectivity index (χ4n) is 2.26. The van der Waals surface area contributed by atoms with Crippen LogP contribution in [0, 0.1) is 0 Å². The molecule has 3 heteroatoms. The Balaban J connectivity index is 2.18. The lowest BCUT2D eigenvalue weighted by Gasteiger charge is -2.00. The van der Waals surface area contributed by atoms with E-state index in [1.807, 2.05) is 47.9 Å². The monoisotopic (exact) mass is 239 g/mol. The first-order valence-electron chi connectivity index (χ1n) is 5.97. The van der Waals surface area contributed by atoms with E-state index >= 15 is 0 Å². The number of aromatic nitrogens is 1. The lowest BCUT2D eigenvalue weighted by molar-refractivity contribution is 0.111. The van der Waals surface area contributed by atoms with Crippen molar-refractivity contribution in [2.45, 2.75) is 13.5 Å². The van der Waals surface area contributed by atoms with Gasteiger partial charge in [0.1, 0.15) is 5.76 Å². The summed E-state index contributed by atoms with van der Waals surface area (Å²) in [5, 5.41) is 0. The van der Waals surface area contributed by atoms with Crippen LogP contribution in [0.25, 0.3) is 22.4 Å². The van der Waals surface area contributed by atoms with Gasteiger partial charge in [0.25, 0.3) is 0 Å². The Kier molecular flexibility index (Phi) is 2.52. The first-order valence-corrected chi connectivity index (χ1v) is 5.97. The molecule has 3 aromatic rings. The smallest absolute Gasteiger partial charge is 0.166 e. The molecular weight excluding hydrogens is 226 g/mol. The van der Waals surface area contributed by atoms with E-state index in [1.54, 1.807) is 6.07 Å². The summed E-state index contributed by atoms with van der Waals surface area (Å²) in [7, 11) is 0. The molecule has 0 radical (unpaired) electrons. The van der Waals surface area contributed by atoms with Gasteiger partial charge in [0.2, 0.25) is 0 Å². The van der Waals surface area contributed by atoms with E-state index in [0.717, 1.165) is 35.3 Å². The molecule has 0 saturated carbocycles. The molecule has 0 aliphatic heterocycles. The van der Waals surface area contributed by atoms with Crippen molar-refractivity contribution in [1.82, 2.24) is 4.57 Å². The highest BCUT2D eigenvalue weighted by Crippen LogP contribution is 2.29. The minimum atomic E-state index is 0.658. The van der Waals surface area contributed by atoms with Crippen molar-refractivity contribution < 1.29 is 9.21 Å². The Morgan fingerprint density at radius 2 is 2.00 bits per heavy atom. The molecule has 0 N–H and O–H groups in total. The number of fused-ring (bicyclic) bond motifs is 1. The Hall–Kier alpha value is -2.29. The third-order valence-corrected chi connectivity index (χ3v) is 3.12. The number of hydrogen-bond donors (Lipinski definition) is 0. The van der Waals surface area contributed by atoms with Crippen LogP contribution in [0.4, 0.5) is 0 Å². The van der Waals surface area contributed by atoms with E-state index < -0.39 is 0 Å². The fraction of sp³-hybridized carbons (Fsp3) is 0.133. The number of carbonyl (C=O) groups is 1. The largest absolute Gasteiger partial charge is 0.454 e. The van der Waals surface area contributed by atoms with Crippen molar-refractivity contribution in [3.63, 3.8) is 0 Å². The van der Waals surface area contributed by atoms with Gasteiger partial charge in [-0.25, -0.2) is 0 Å². The predicted molar refractivity (Wildman–Crippen MR) is 70.7 cm³/mol. The maximum atomic E-state index is 10.9. The van der Waals surface area contributed by atoms with Crippen LogP contribution in [-0.2, 0) is 6.54 Å². The normalized spacial score (nSPS) is 10.9. The van der Waals surface area contributed by atoms with Gasteiger partial charge in [-0.3, -0.25) is 4.79 Å². The summed E-state index contributed by atoms with van der Waals surface area (Å²) in [6, 6.07) is 13.7. The zero-order valence-corrected chi connectivity index (χ0v) is 10.1. The Morgan fingerprint density at radius 3 is 2.67 bits per heavy atom. The van der Waals surface area contributed by atoms with Crippen LogP contribution in [0.3, 0.4) is 0 Å². The second-order valence-electron chi connectivity index (χ2n) is 4.16. The molecule has 2 heterocycles. The molecule has 0 spiro atoms. The molecular formula is C15H13NO2. The highest BCUT2D eigenvalue weighted by molar-refractivity contribution is 5.88. The van der Waals surface area contributed by atoms with E-state index in [9.17, 15) is 4.79 Å². The lowest BCUT2D eigenvalue weighted by Crippen LogP contribution is -1.97. The zero-order chi connectivity index (χ0) is 12.5. The van der Waals surface area contributed by atoms with Crippen LogP contribution < -0.4 is 0 Å². The molecule has 18 heavy (non-hydrogen) atoms. The summed E-state index contributed by atoms with van der Waals surface area (Å²) in [5.41, 5.74) is 3.44. The third kappa shape index (κ3) is 1.56. The minimum absolute atomic E-state index is 0.658. The zero-order valence-electron chi connectivity index (χ0n) is 10.1. The summed E-state index contributed by atoms with van der Waals surface area (Å²) in [4.78, 5) is 10.9. The number of aldehydes is 1. The van der Waals surface area contributed by atoms with Crippen molar-refractivity contribution >= 4 is 17.4 Å². The molecule has 0 atom stereocenters. The van der Waals surface area contributed by atoms with Crippen molar-refractivity contribution in [2.24, 2.45) is 0 Å². The molecule has 0 saturated heterocycles. The van der Waals surface area contributed by atoms with Gasteiger partial charge in [-0.2, -0.15) is 0 Å². The molecule has 0 aliphatic rings. The lowest BCUT2D eigenvalue weighted by atomic mass is 10.2. The van der Waals surface area contributed by atoms with Gasteiger partial charge in [-0.05, 0) is 6.92 Å². The van der Waals surface area contributed by atoms with Crippen LogP contribution in [-0.4, -0.2) is 10.9 Å². The van der Waals surface area contributed by atoms with Crippen LogP contribution in [0.15, 0.2) is 46.9 Å². The molecule has 3 nitrogen and oxygen atoms in total. The predicted octanol–water partition coefficient (Wildman–Crippen LogP) is 3.73. The molecule has 0 bridgehead atoms. The van der Waals surface area contributed by atoms with Gasteiger partial charge in [-0.15, -0.1) is 0 Å². The molecule has 90 valence electrons. The quantitative estimate of drug-likeness (QED) is 0.653. The highest BCUT2D eigenvalue weighted by atomic mass is 16.3. The van der Waals surface area contributed by atoms with Gasteiger partial charge < -0.3 is 8.98 Å². The number of furan rings is 1. The van der Waals surface area contributed by atoms with Crippen molar-refractivity contribution in [3.8, 4) is 11.3 Å². The molecule has 0 fully saturated rings. The Bertz CT molecular complexity index is 692. The molecule has 1 aromatic carbocycles. The van der Waals surface area contributed by atoms with Crippen LogP contribution in [0.5, 0.6) is 0 Å². The van der Waals surface area contributed by atoms with Crippen molar-refractivity contribution in [2.75, 3.05) is 0 Å². The second-order valence-corrected chi connectivity index (χ2v) is 4.16. The number of aryl methyl sites for hydroxylation is 1. The van der Waals surface area contributed by atoms with Crippen molar-refractivity contribution in [1.29, 1.82) is 0 Å². The van der Waals surface area contributed by atoms with Gasteiger partial charge in [0.05, 0.1) is 11.2 Å². The number of nitrogens with zero attached hydrogens (tertiary/aromatic N) is 1. The second kappa shape index (κ2) is 4.18. The summed E-state index contributed by atoms with van der Waals surface area (Å²) in [6.45, 7) is 2.77. The highest BCUT2D eigenvalue weighted by Gasteiger charge is 2.13. The van der Waals surface area contributed by atoms with Crippen LogP contribution in [0.2, 0.25) is 0 Å². The Labute approximate surface area is 105 Å². The summed E-state index contributed by atoms with van der Waals surface area (Å²) < 4.78 is 7.76. The molecule has 3 rings (SSSR count). The average molecular weight is 239 g/mol. The van der Waals surface area contributed by atoms with E-state index in [0.29, 0.717) is 5.69 Å². The van der Waals surface area contributed by atoms with Gasteiger partial charge in [0, 0.05) is 24.2 Å². The topological polar surface area (TPSA) is 35.1 Å². The molecule has 0 amide bonds.